The molecule has 4 nitrogen and oxygen atoms in total. The quantitative estimate of drug-likeness (QED) is 0.833. The van der Waals surface area contributed by atoms with Gasteiger partial charge in [0.15, 0.2) is 0 Å². The minimum absolute atomic E-state index is 0.167. The third-order valence-electron chi connectivity index (χ3n) is 2.70. The van der Waals surface area contributed by atoms with Gasteiger partial charge in [-0.1, -0.05) is 31.5 Å². The van der Waals surface area contributed by atoms with E-state index in [4.69, 9.17) is 5.73 Å². The zero-order valence-corrected chi connectivity index (χ0v) is 11.3. The highest BCUT2D eigenvalue weighted by Gasteiger charge is 2.20. The Morgan fingerprint density at radius 3 is 2.18 bits per heavy atom. The predicted octanol–water partition coefficient (Wildman–Crippen LogP) is 1.26. The van der Waals surface area contributed by atoms with E-state index < -0.39 is 10.0 Å². The number of aryl methyl sites for hydroxylation is 1. The molecule has 1 aromatic rings. The van der Waals surface area contributed by atoms with Crippen molar-refractivity contribution in [1.82, 2.24) is 4.72 Å². The molecule has 5 heteroatoms. The standard InChI is InChI=1S/C12H20N2O2S/c1-9(2)12(8-13)14-17(15,16)11-6-4-10(3)5-7-11/h4-7,9,12,14H,8,13H2,1-3H3. The van der Waals surface area contributed by atoms with E-state index in [1.807, 2.05) is 20.8 Å². The molecule has 17 heavy (non-hydrogen) atoms. The highest BCUT2D eigenvalue weighted by Crippen LogP contribution is 2.12. The van der Waals surface area contributed by atoms with Crippen molar-refractivity contribution < 1.29 is 8.42 Å². The van der Waals surface area contributed by atoms with Crippen LogP contribution in [-0.4, -0.2) is 21.0 Å². The molecule has 0 bridgehead atoms. The Morgan fingerprint density at radius 1 is 1.24 bits per heavy atom. The van der Waals surface area contributed by atoms with E-state index in [9.17, 15) is 8.42 Å². The van der Waals surface area contributed by atoms with Gasteiger partial charge in [0.05, 0.1) is 4.90 Å². The van der Waals surface area contributed by atoms with Crippen molar-refractivity contribution in [1.29, 1.82) is 0 Å². The molecule has 1 atom stereocenters. The van der Waals surface area contributed by atoms with Gasteiger partial charge in [-0.2, -0.15) is 0 Å². The van der Waals surface area contributed by atoms with Gasteiger partial charge in [-0.3, -0.25) is 0 Å². The van der Waals surface area contributed by atoms with Gasteiger partial charge in [-0.15, -0.1) is 0 Å². The summed E-state index contributed by atoms with van der Waals surface area (Å²) in [7, 11) is -3.46. The molecule has 3 N–H and O–H groups in total. The molecule has 0 aliphatic carbocycles. The van der Waals surface area contributed by atoms with Crippen LogP contribution in [0.5, 0.6) is 0 Å². The number of nitrogens with one attached hydrogen (secondary N) is 1. The molecule has 0 radical (unpaired) electrons. The Kier molecular flexibility index (Phi) is 4.68. The normalized spacial score (nSPS) is 13.9. The number of sulfonamides is 1. The minimum atomic E-state index is -3.46. The Balaban J connectivity index is 2.92. The maximum Gasteiger partial charge on any atom is 0.240 e. The smallest absolute Gasteiger partial charge is 0.240 e. The summed E-state index contributed by atoms with van der Waals surface area (Å²) in [6.45, 7) is 6.09. The van der Waals surface area contributed by atoms with Crippen LogP contribution in [0.1, 0.15) is 19.4 Å². The second-order valence-electron chi connectivity index (χ2n) is 4.52. The predicted molar refractivity (Wildman–Crippen MR) is 69.2 cm³/mol. The molecule has 0 heterocycles. The molecule has 0 saturated heterocycles. The number of rotatable bonds is 5. The molecular formula is C12H20N2O2S. The van der Waals surface area contributed by atoms with Crippen molar-refractivity contribution in [2.45, 2.75) is 31.7 Å². The maximum absolute atomic E-state index is 12.1. The SMILES string of the molecule is Cc1ccc(S(=O)(=O)NC(CN)C(C)C)cc1. The molecule has 0 saturated carbocycles. The van der Waals surface area contributed by atoms with Crippen LogP contribution in [0.2, 0.25) is 0 Å². The molecule has 0 aromatic heterocycles. The van der Waals surface area contributed by atoms with Gasteiger partial charge in [-0.05, 0) is 25.0 Å². The number of hydrogen-bond donors (Lipinski definition) is 2. The zero-order chi connectivity index (χ0) is 13.1. The molecule has 1 rings (SSSR count). The Morgan fingerprint density at radius 2 is 1.76 bits per heavy atom. The van der Waals surface area contributed by atoms with Gasteiger partial charge >= 0.3 is 0 Å². The number of benzene rings is 1. The van der Waals surface area contributed by atoms with E-state index >= 15 is 0 Å². The van der Waals surface area contributed by atoms with E-state index in [0.29, 0.717) is 6.54 Å². The van der Waals surface area contributed by atoms with Crippen LogP contribution in [0.25, 0.3) is 0 Å². The third kappa shape index (κ3) is 3.80. The average Bonchev–Trinajstić information content (AvgIpc) is 2.26. The second kappa shape index (κ2) is 5.62. The monoisotopic (exact) mass is 256 g/mol. The summed E-state index contributed by atoms with van der Waals surface area (Å²) >= 11 is 0. The summed E-state index contributed by atoms with van der Waals surface area (Å²) in [6, 6.07) is 6.53. The lowest BCUT2D eigenvalue weighted by atomic mass is 10.1. The van der Waals surface area contributed by atoms with Crippen molar-refractivity contribution in [2.24, 2.45) is 11.7 Å². The zero-order valence-electron chi connectivity index (χ0n) is 10.5. The fourth-order valence-electron chi connectivity index (χ4n) is 1.44. The molecule has 0 fully saturated rings. The lowest BCUT2D eigenvalue weighted by Crippen LogP contribution is -2.43. The van der Waals surface area contributed by atoms with E-state index in [1.165, 1.54) is 0 Å². The van der Waals surface area contributed by atoms with Crippen LogP contribution in [0.15, 0.2) is 29.2 Å². The first-order chi connectivity index (χ1) is 7.86. The van der Waals surface area contributed by atoms with Crippen LogP contribution in [0.3, 0.4) is 0 Å². The van der Waals surface area contributed by atoms with Gasteiger partial charge in [0.25, 0.3) is 0 Å². The molecular weight excluding hydrogens is 236 g/mol. The van der Waals surface area contributed by atoms with Crippen LogP contribution in [-0.2, 0) is 10.0 Å². The number of hydrogen-bond acceptors (Lipinski definition) is 3. The van der Waals surface area contributed by atoms with E-state index in [-0.39, 0.29) is 16.9 Å². The minimum Gasteiger partial charge on any atom is -0.329 e. The topological polar surface area (TPSA) is 72.2 Å². The lowest BCUT2D eigenvalue weighted by Gasteiger charge is -2.20. The van der Waals surface area contributed by atoms with Crippen molar-refractivity contribution in [3.8, 4) is 0 Å². The summed E-state index contributed by atoms with van der Waals surface area (Å²) in [5.74, 6) is 0.167. The van der Waals surface area contributed by atoms with Crippen LogP contribution in [0, 0.1) is 12.8 Å². The molecule has 0 amide bonds. The highest BCUT2D eigenvalue weighted by atomic mass is 32.2. The lowest BCUT2D eigenvalue weighted by molar-refractivity contribution is 0.455. The first kappa shape index (κ1) is 14.2. The van der Waals surface area contributed by atoms with Crippen molar-refractivity contribution in [3.05, 3.63) is 29.8 Å². The highest BCUT2D eigenvalue weighted by molar-refractivity contribution is 7.89. The molecule has 1 aromatic carbocycles. The fourth-order valence-corrected chi connectivity index (χ4v) is 2.84. The first-order valence-corrected chi connectivity index (χ1v) is 7.14. The molecule has 96 valence electrons. The average molecular weight is 256 g/mol. The van der Waals surface area contributed by atoms with E-state index in [0.717, 1.165) is 5.56 Å². The third-order valence-corrected chi connectivity index (χ3v) is 4.20. The van der Waals surface area contributed by atoms with Crippen molar-refractivity contribution in [2.75, 3.05) is 6.54 Å². The molecule has 0 aliphatic heterocycles. The van der Waals surface area contributed by atoms with Crippen molar-refractivity contribution in [3.63, 3.8) is 0 Å². The Bertz CT molecular complexity index is 452. The van der Waals surface area contributed by atoms with E-state index in [2.05, 4.69) is 4.72 Å². The number of nitrogens with two attached hydrogens (primary N) is 1. The largest absolute Gasteiger partial charge is 0.329 e. The summed E-state index contributed by atoms with van der Waals surface area (Å²) < 4.78 is 26.7. The van der Waals surface area contributed by atoms with Crippen LogP contribution < -0.4 is 10.5 Å². The summed E-state index contributed by atoms with van der Waals surface area (Å²) in [6.07, 6.45) is 0. The Hall–Kier alpha value is -0.910. The van der Waals surface area contributed by atoms with Gasteiger partial charge in [-0.25, -0.2) is 13.1 Å². The second-order valence-corrected chi connectivity index (χ2v) is 6.23. The van der Waals surface area contributed by atoms with Crippen LogP contribution >= 0.6 is 0 Å². The first-order valence-electron chi connectivity index (χ1n) is 5.66. The van der Waals surface area contributed by atoms with Crippen molar-refractivity contribution >= 4 is 10.0 Å². The van der Waals surface area contributed by atoms with E-state index in [1.54, 1.807) is 24.3 Å². The summed E-state index contributed by atoms with van der Waals surface area (Å²) in [4.78, 5) is 0.280. The summed E-state index contributed by atoms with van der Waals surface area (Å²) in [5, 5.41) is 0. The van der Waals surface area contributed by atoms with Gasteiger partial charge in [0, 0.05) is 12.6 Å². The van der Waals surface area contributed by atoms with Crippen LogP contribution in [0.4, 0.5) is 0 Å². The van der Waals surface area contributed by atoms with Gasteiger partial charge in [0.2, 0.25) is 10.0 Å². The van der Waals surface area contributed by atoms with Gasteiger partial charge in [0.1, 0.15) is 0 Å². The fraction of sp³-hybridized carbons (Fsp3) is 0.500. The molecule has 0 aliphatic rings. The molecule has 0 spiro atoms. The summed E-state index contributed by atoms with van der Waals surface area (Å²) in [5.41, 5.74) is 6.59. The molecule has 1 unspecified atom stereocenters. The maximum atomic E-state index is 12.1. The Labute approximate surface area is 103 Å². The van der Waals surface area contributed by atoms with Gasteiger partial charge < -0.3 is 5.73 Å².